The maximum Gasteiger partial charge on any atom is 0.326 e. The van der Waals surface area contributed by atoms with Crippen molar-refractivity contribution in [2.45, 2.75) is 13.0 Å². The Hall–Kier alpha value is -1.38. The molecule has 1 aromatic carbocycles. The second-order valence-electron chi connectivity index (χ2n) is 3.66. The smallest absolute Gasteiger partial charge is 0.326 e. The lowest BCUT2D eigenvalue weighted by atomic mass is 10.3. The molecule has 2 N–H and O–H groups in total. The quantitative estimate of drug-likeness (QED) is 0.808. The predicted molar refractivity (Wildman–Crippen MR) is 73.0 cm³/mol. The molecule has 1 rings (SSSR count). The third-order valence-corrected chi connectivity index (χ3v) is 3.55. The van der Waals surface area contributed by atoms with Crippen molar-refractivity contribution in [1.82, 2.24) is 4.90 Å². The standard InChI is InChI=1S/C11H12FIN2O3/c1-6(10(16)17)15(2)11(18)14-8-5-3-4-7(12)9(8)13/h3-6H,1-2H3,(H,14,18)(H,16,17). The highest BCUT2D eigenvalue weighted by atomic mass is 127. The van der Waals surface area contributed by atoms with E-state index in [1.54, 1.807) is 28.7 Å². The van der Waals surface area contributed by atoms with E-state index in [0.29, 0.717) is 5.69 Å². The number of aliphatic carboxylic acids is 1. The summed E-state index contributed by atoms with van der Waals surface area (Å²) in [6.45, 7) is 1.39. The Morgan fingerprint density at radius 2 is 2.11 bits per heavy atom. The third kappa shape index (κ3) is 3.31. The first-order chi connectivity index (χ1) is 8.34. The highest BCUT2D eigenvalue weighted by molar-refractivity contribution is 14.1. The molecule has 0 radical (unpaired) electrons. The van der Waals surface area contributed by atoms with E-state index in [2.05, 4.69) is 5.32 Å². The van der Waals surface area contributed by atoms with Crippen LogP contribution in [0.5, 0.6) is 0 Å². The molecule has 0 bridgehead atoms. The number of hydrogen-bond acceptors (Lipinski definition) is 2. The van der Waals surface area contributed by atoms with E-state index in [1.165, 1.54) is 26.1 Å². The molecule has 0 aliphatic rings. The Morgan fingerprint density at radius 3 is 2.67 bits per heavy atom. The van der Waals surface area contributed by atoms with Crippen molar-refractivity contribution in [2.24, 2.45) is 0 Å². The number of nitrogens with zero attached hydrogens (tertiary/aromatic N) is 1. The Balaban J connectivity index is 2.82. The Bertz CT molecular complexity index is 481. The summed E-state index contributed by atoms with van der Waals surface area (Å²) in [5.74, 6) is -1.55. The van der Waals surface area contributed by atoms with Gasteiger partial charge in [0.2, 0.25) is 0 Å². The van der Waals surface area contributed by atoms with Crippen LogP contribution in [0.4, 0.5) is 14.9 Å². The number of carbonyl (C=O) groups is 2. The lowest BCUT2D eigenvalue weighted by Crippen LogP contribution is -2.42. The maximum atomic E-state index is 13.3. The average molecular weight is 366 g/mol. The summed E-state index contributed by atoms with van der Waals surface area (Å²) in [5.41, 5.74) is 0.310. The van der Waals surface area contributed by atoms with Gasteiger partial charge >= 0.3 is 12.0 Å². The molecular weight excluding hydrogens is 354 g/mol. The number of benzene rings is 1. The van der Waals surface area contributed by atoms with Crippen LogP contribution in [-0.2, 0) is 4.79 Å². The molecule has 2 amide bonds. The van der Waals surface area contributed by atoms with Crippen molar-refractivity contribution in [3.63, 3.8) is 0 Å². The molecule has 0 saturated heterocycles. The van der Waals surface area contributed by atoms with E-state index in [0.717, 1.165) is 4.90 Å². The molecule has 5 nitrogen and oxygen atoms in total. The van der Waals surface area contributed by atoms with Crippen molar-refractivity contribution in [2.75, 3.05) is 12.4 Å². The number of carboxylic acid groups (broad SMARTS) is 1. The van der Waals surface area contributed by atoms with Crippen LogP contribution >= 0.6 is 22.6 Å². The van der Waals surface area contributed by atoms with Crippen molar-refractivity contribution in [1.29, 1.82) is 0 Å². The zero-order valence-corrected chi connectivity index (χ0v) is 11.9. The summed E-state index contributed by atoms with van der Waals surface area (Å²) >= 11 is 1.77. The van der Waals surface area contributed by atoms with E-state index < -0.39 is 23.9 Å². The molecule has 0 spiro atoms. The fourth-order valence-corrected chi connectivity index (χ4v) is 1.64. The van der Waals surface area contributed by atoms with E-state index >= 15 is 0 Å². The number of nitrogens with one attached hydrogen (secondary N) is 1. The molecule has 98 valence electrons. The number of likely N-dealkylation sites (N-methyl/N-ethyl adjacent to an activating group) is 1. The van der Waals surface area contributed by atoms with Gasteiger partial charge in [-0.05, 0) is 41.6 Å². The van der Waals surface area contributed by atoms with Gasteiger partial charge in [-0.25, -0.2) is 14.0 Å². The number of rotatable bonds is 3. The predicted octanol–water partition coefficient (Wildman–Crippen LogP) is 2.37. The monoisotopic (exact) mass is 366 g/mol. The number of carbonyl (C=O) groups excluding carboxylic acids is 1. The number of amides is 2. The fourth-order valence-electron chi connectivity index (χ4n) is 1.15. The van der Waals surface area contributed by atoms with E-state index in [-0.39, 0.29) is 3.57 Å². The number of carboxylic acids is 1. The van der Waals surface area contributed by atoms with E-state index in [1.807, 2.05) is 0 Å². The molecule has 0 heterocycles. The first kappa shape index (κ1) is 14.7. The maximum absolute atomic E-state index is 13.3. The largest absolute Gasteiger partial charge is 0.480 e. The second-order valence-corrected chi connectivity index (χ2v) is 4.74. The molecule has 0 aliphatic carbocycles. The number of anilines is 1. The zero-order valence-electron chi connectivity index (χ0n) is 9.78. The SMILES string of the molecule is CC(C(=O)O)N(C)C(=O)Nc1cccc(F)c1I. The molecule has 0 saturated carbocycles. The van der Waals surface area contributed by atoms with E-state index in [4.69, 9.17) is 5.11 Å². The lowest BCUT2D eigenvalue weighted by Gasteiger charge is -2.22. The van der Waals surface area contributed by atoms with Gasteiger partial charge in [0.25, 0.3) is 0 Å². The summed E-state index contributed by atoms with van der Waals surface area (Å²) in [5, 5.41) is 11.2. The second kappa shape index (κ2) is 5.98. The fraction of sp³-hybridized carbons (Fsp3) is 0.273. The molecule has 1 unspecified atom stereocenters. The number of halogens is 2. The molecule has 0 aromatic heterocycles. The van der Waals surface area contributed by atoms with Crippen LogP contribution in [0.3, 0.4) is 0 Å². The van der Waals surface area contributed by atoms with Crippen LogP contribution in [0.25, 0.3) is 0 Å². The van der Waals surface area contributed by atoms with Gasteiger partial charge in [-0.1, -0.05) is 6.07 Å². The molecule has 7 heteroatoms. The van der Waals surface area contributed by atoms with Gasteiger partial charge in [0.1, 0.15) is 11.9 Å². The van der Waals surface area contributed by atoms with Crippen molar-refractivity contribution in [3.8, 4) is 0 Å². The van der Waals surface area contributed by atoms with Gasteiger partial charge in [-0.3, -0.25) is 0 Å². The van der Waals surface area contributed by atoms with E-state index in [9.17, 15) is 14.0 Å². The summed E-state index contributed by atoms with van der Waals surface area (Å²) in [7, 11) is 1.36. The molecule has 1 aromatic rings. The van der Waals surface area contributed by atoms with Crippen molar-refractivity contribution >= 4 is 40.3 Å². The zero-order chi connectivity index (χ0) is 13.9. The highest BCUT2D eigenvalue weighted by Crippen LogP contribution is 2.21. The summed E-state index contributed by atoms with van der Waals surface area (Å²) in [4.78, 5) is 23.5. The number of urea groups is 1. The lowest BCUT2D eigenvalue weighted by molar-refractivity contribution is -0.141. The topological polar surface area (TPSA) is 69.6 Å². The van der Waals surface area contributed by atoms with Gasteiger partial charge in [0.05, 0.1) is 9.26 Å². The summed E-state index contributed by atoms with van der Waals surface area (Å²) < 4.78 is 13.5. The molecule has 0 aliphatic heterocycles. The minimum Gasteiger partial charge on any atom is -0.480 e. The third-order valence-electron chi connectivity index (χ3n) is 2.45. The number of hydrogen-bond donors (Lipinski definition) is 2. The first-order valence-electron chi connectivity index (χ1n) is 5.05. The Kier molecular flexibility index (Phi) is 4.88. The Morgan fingerprint density at radius 1 is 1.50 bits per heavy atom. The van der Waals surface area contributed by atoms with Crippen LogP contribution in [0.1, 0.15) is 6.92 Å². The van der Waals surface area contributed by atoms with Crippen molar-refractivity contribution in [3.05, 3.63) is 27.6 Å². The molecule has 18 heavy (non-hydrogen) atoms. The van der Waals surface area contributed by atoms with Crippen LogP contribution in [0, 0.1) is 9.39 Å². The molecule has 0 fully saturated rings. The van der Waals surface area contributed by atoms with Gasteiger partial charge in [-0.2, -0.15) is 0 Å². The van der Waals surface area contributed by atoms with Crippen molar-refractivity contribution < 1.29 is 19.1 Å². The van der Waals surface area contributed by atoms with Crippen LogP contribution in [-0.4, -0.2) is 35.1 Å². The van der Waals surface area contributed by atoms with Gasteiger partial charge in [0.15, 0.2) is 0 Å². The molecular formula is C11H12FIN2O3. The average Bonchev–Trinajstić information content (AvgIpc) is 2.32. The van der Waals surface area contributed by atoms with Crippen LogP contribution < -0.4 is 5.32 Å². The van der Waals surface area contributed by atoms with Gasteiger partial charge < -0.3 is 15.3 Å². The summed E-state index contributed by atoms with van der Waals surface area (Å²) in [6, 6.07) is 2.72. The minimum absolute atomic E-state index is 0.278. The normalized spacial score (nSPS) is 11.8. The highest BCUT2D eigenvalue weighted by Gasteiger charge is 2.22. The van der Waals surface area contributed by atoms with Crippen LogP contribution in [0.15, 0.2) is 18.2 Å². The van der Waals surface area contributed by atoms with Crippen LogP contribution in [0.2, 0.25) is 0 Å². The minimum atomic E-state index is -1.11. The Labute approximate surface area is 117 Å². The molecule has 1 atom stereocenters. The van der Waals surface area contributed by atoms with Gasteiger partial charge in [-0.15, -0.1) is 0 Å². The first-order valence-corrected chi connectivity index (χ1v) is 6.13. The summed E-state index contributed by atoms with van der Waals surface area (Å²) in [6.07, 6.45) is 0. The van der Waals surface area contributed by atoms with Gasteiger partial charge in [0, 0.05) is 7.05 Å².